The number of likely N-dealkylation sites (N-methyl/N-ethyl adjacent to an activating group) is 1. The van der Waals surface area contributed by atoms with Crippen molar-refractivity contribution in [2.24, 2.45) is 0 Å². The van der Waals surface area contributed by atoms with E-state index in [1.54, 1.807) is 0 Å². The van der Waals surface area contributed by atoms with Gasteiger partial charge < -0.3 is 18.9 Å². The second kappa shape index (κ2) is 67.1. The fraction of sp³-hybridized carbons (Fsp3) is 0.842. The first kappa shape index (κ1) is 83.7. The van der Waals surface area contributed by atoms with Gasteiger partial charge in [0.05, 0.1) is 27.7 Å². The van der Waals surface area contributed by atoms with Crippen molar-refractivity contribution in [3.05, 3.63) is 60.8 Å². The van der Waals surface area contributed by atoms with Gasteiger partial charge in [-0.05, 0) is 77.0 Å². The van der Waals surface area contributed by atoms with Crippen molar-refractivity contribution in [1.29, 1.82) is 0 Å². The molecule has 9 nitrogen and oxygen atoms in total. The molecule has 2 unspecified atom stereocenters. The molecule has 1 N–H and O–H groups in total. The number of phosphoric acid groups is 1. The molecule has 10 heteroatoms. The molecule has 0 saturated heterocycles. The van der Waals surface area contributed by atoms with Crippen LogP contribution in [0.25, 0.3) is 0 Å². The van der Waals surface area contributed by atoms with Crippen molar-refractivity contribution >= 4 is 19.8 Å². The van der Waals surface area contributed by atoms with E-state index < -0.39 is 26.5 Å². The molecule has 0 bridgehead atoms. The van der Waals surface area contributed by atoms with E-state index in [2.05, 4.69) is 74.6 Å². The smallest absolute Gasteiger partial charge is 0.462 e. The Kier molecular flexibility index (Phi) is 65.3. The largest absolute Gasteiger partial charge is 0.472 e. The Morgan fingerprint density at radius 2 is 0.663 bits per heavy atom. The molecule has 0 saturated carbocycles. The van der Waals surface area contributed by atoms with Crippen molar-refractivity contribution in [2.45, 2.75) is 367 Å². The van der Waals surface area contributed by atoms with E-state index in [1.165, 1.54) is 270 Å². The molecule has 504 valence electrons. The number of carbonyl (C=O) groups excluding carboxylic acids is 2. The van der Waals surface area contributed by atoms with Crippen molar-refractivity contribution in [3.8, 4) is 0 Å². The van der Waals surface area contributed by atoms with Gasteiger partial charge in [-0.2, -0.15) is 0 Å². The summed E-state index contributed by atoms with van der Waals surface area (Å²) in [6, 6.07) is 0. The molecule has 0 aromatic carbocycles. The van der Waals surface area contributed by atoms with Crippen LogP contribution < -0.4 is 0 Å². The Bertz CT molecular complexity index is 1630. The van der Waals surface area contributed by atoms with Crippen molar-refractivity contribution in [3.63, 3.8) is 0 Å². The van der Waals surface area contributed by atoms with Crippen LogP contribution in [0, 0.1) is 0 Å². The first-order chi connectivity index (χ1) is 42.0. The monoisotopic (exact) mass is 1230 g/mol. The maximum Gasteiger partial charge on any atom is 0.472 e. The van der Waals surface area contributed by atoms with E-state index in [9.17, 15) is 19.0 Å². The normalized spacial score (nSPS) is 13.4. The SMILES string of the molecule is CC/C=C\C/C=C\C/C=C\C/C=C\CCCCCCCCCCCCCCCCCCCCCCC(=O)OC(COC(=O)CCCCCCCCCCCCCCCCCCC/C=C\CCCCCCCCCC)COP(=O)(O)OCC[N+](C)(C)C. The summed E-state index contributed by atoms with van der Waals surface area (Å²) in [6.45, 7) is 4.39. The van der Waals surface area contributed by atoms with Crippen molar-refractivity contribution in [2.75, 3.05) is 47.5 Å². The van der Waals surface area contributed by atoms with Crippen LogP contribution in [0.1, 0.15) is 361 Å². The number of rotatable bonds is 69. The minimum atomic E-state index is -4.39. The number of unbranched alkanes of at least 4 members (excludes halogenated alkanes) is 45. The molecule has 0 radical (unpaired) electrons. The van der Waals surface area contributed by atoms with Crippen LogP contribution >= 0.6 is 7.82 Å². The molecule has 0 aliphatic carbocycles. The van der Waals surface area contributed by atoms with E-state index in [0.717, 1.165) is 57.8 Å². The molecule has 0 aromatic rings. The summed E-state index contributed by atoms with van der Waals surface area (Å²) in [5.41, 5.74) is 0. The summed E-state index contributed by atoms with van der Waals surface area (Å²) in [5, 5.41) is 0. The number of hydrogen-bond acceptors (Lipinski definition) is 7. The van der Waals surface area contributed by atoms with Gasteiger partial charge in [0.1, 0.15) is 19.8 Å². The first-order valence-corrected chi connectivity index (χ1v) is 38.5. The van der Waals surface area contributed by atoms with Crippen LogP contribution in [0.15, 0.2) is 60.8 Å². The van der Waals surface area contributed by atoms with Gasteiger partial charge in [0.15, 0.2) is 6.10 Å². The minimum Gasteiger partial charge on any atom is -0.462 e. The van der Waals surface area contributed by atoms with E-state index in [1.807, 2.05) is 21.1 Å². The summed E-state index contributed by atoms with van der Waals surface area (Å²) in [7, 11) is 1.49. The number of hydrogen-bond donors (Lipinski definition) is 1. The fourth-order valence-corrected chi connectivity index (χ4v) is 11.6. The van der Waals surface area contributed by atoms with Crippen molar-refractivity contribution in [1.82, 2.24) is 0 Å². The lowest BCUT2D eigenvalue weighted by Crippen LogP contribution is -2.37. The zero-order valence-corrected chi connectivity index (χ0v) is 58.5. The molecule has 86 heavy (non-hydrogen) atoms. The zero-order chi connectivity index (χ0) is 62.6. The number of allylic oxidation sites excluding steroid dienone is 10. The number of carbonyl (C=O) groups is 2. The van der Waals surface area contributed by atoms with Gasteiger partial charge in [-0.25, -0.2) is 4.57 Å². The average Bonchev–Trinajstić information content (AvgIpc) is 3.70. The van der Waals surface area contributed by atoms with Crippen LogP contribution in [-0.4, -0.2) is 74.9 Å². The Hall–Kier alpha value is -2.29. The standard InChI is InChI=1S/C76H142NO8P/c1-6-8-10-12-14-16-18-20-22-24-26-28-30-32-34-36-37-38-39-41-43-45-47-49-51-53-55-57-59-61-63-65-67-69-76(79)85-74(73-84-86(80,81)83-71-70-77(3,4)5)72-82-75(78)68-66-64-62-60-58-56-54-52-50-48-46-44-42-40-35-33-31-29-27-25-23-21-19-17-15-13-11-9-7-2/h8,10,14,16,20,22,25-28,74H,6-7,9,11-13,15,17-19,21,23-24,29-73H2,1-5H3/p+1/b10-8-,16-14-,22-20-,27-25-,28-26-. The number of esters is 2. The Labute approximate surface area is 534 Å². The lowest BCUT2D eigenvalue weighted by atomic mass is 10.0. The second-order valence-electron chi connectivity index (χ2n) is 26.3. The highest BCUT2D eigenvalue weighted by Crippen LogP contribution is 2.43. The Morgan fingerprint density at radius 1 is 0.372 bits per heavy atom. The quantitative estimate of drug-likeness (QED) is 0.0211. The molecular weight excluding hydrogens is 1090 g/mol. The number of phosphoric ester groups is 1. The summed E-state index contributed by atoms with van der Waals surface area (Å²) in [5.74, 6) is -0.777. The molecular formula is C76H143NO8P+. The molecule has 0 aliphatic heterocycles. The van der Waals surface area contributed by atoms with E-state index >= 15 is 0 Å². The minimum absolute atomic E-state index is 0.0335. The van der Waals surface area contributed by atoms with Crippen molar-refractivity contribution < 1.29 is 42.1 Å². The van der Waals surface area contributed by atoms with Crippen LogP contribution in [0.3, 0.4) is 0 Å². The van der Waals surface area contributed by atoms with Crippen LogP contribution in [0.5, 0.6) is 0 Å². The maximum absolute atomic E-state index is 12.9. The topological polar surface area (TPSA) is 108 Å². The molecule has 2 atom stereocenters. The van der Waals surface area contributed by atoms with E-state index in [0.29, 0.717) is 23.9 Å². The summed E-state index contributed by atoms with van der Waals surface area (Å²) in [4.78, 5) is 35.9. The predicted octanol–water partition coefficient (Wildman–Crippen LogP) is 24.2. The summed E-state index contributed by atoms with van der Waals surface area (Å²) >= 11 is 0. The van der Waals surface area contributed by atoms with Crippen LogP contribution in [-0.2, 0) is 32.7 Å². The first-order valence-electron chi connectivity index (χ1n) is 37.0. The number of quaternary nitrogens is 1. The average molecular weight is 1230 g/mol. The highest BCUT2D eigenvalue weighted by molar-refractivity contribution is 7.47. The van der Waals surface area contributed by atoms with Crippen LogP contribution in [0.2, 0.25) is 0 Å². The molecule has 0 fully saturated rings. The molecule has 0 aliphatic rings. The summed E-state index contributed by atoms with van der Waals surface area (Å²) in [6.07, 6.45) is 89.2. The van der Waals surface area contributed by atoms with Gasteiger partial charge in [-0.15, -0.1) is 0 Å². The summed E-state index contributed by atoms with van der Waals surface area (Å²) < 4.78 is 34.8. The van der Waals surface area contributed by atoms with Gasteiger partial charge in [0, 0.05) is 12.8 Å². The molecule has 0 amide bonds. The lowest BCUT2D eigenvalue weighted by molar-refractivity contribution is -0.870. The third kappa shape index (κ3) is 70.8. The van der Waals surface area contributed by atoms with Gasteiger partial charge in [0.25, 0.3) is 0 Å². The van der Waals surface area contributed by atoms with E-state index in [4.69, 9.17) is 18.5 Å². The van der Waals surface area contributed by atoms with E-state index in [-0.39, 0.29) is 25.6 Å². The van der Waals surface area contributed by atoms with Crippen LogP contribution in [0.4, 0.5) is 0 Å². The highest BCUT2D eigenvalue weighted by atomic mass is 31.2. The Balaban J connectivity index is 3.97. The third-order valence-corrected chi connectivity index (χ3v) is 17.5. The third-order valence-electron chi connectivity index (χ3n) is 16.5. The van der Waals surface area contributed by atoms with Gasteiger partial charge >= 0.3 is 19.8 Å². The molecule has 0 rings (SSSR count). The lowest BCUT2D eigenvalue weighted by Gasteiger charge is -2.24. The Morgan fingerprint density at radius 3 is 1.00 bits per heavy atom. The molecule has 0 spiro atoms. The highest BCUT2D eigenvalue weighted by Gasteiger charge is 2.27. The van der Waals surface area contributed by atoms with Gasteiger partial charge in [0.2, 0.25) is 0 Å². The second-order valence-corrected chi connectivity index (χ2v) is 27.8. The number of nitrogens with zero attached hydrogens (tertiary/aromatic N) is 1. The zero-order valence-electron chi connectivity index (χ0n) is 57.6. The number of ether oxygens (including phenoxy) is 2. The van der Waals surface area contributed by atoms with Gasteiger partial charge in [-0.3, -0.25) is 18.6 Å². The molecule has 0 aromatic heterocycles. The molecule has 0 heterocycles. The predicted molar refractivity (Wildman–Crippen MR) is 372 cm³/mol. The van der Waals surface area contributed by atoms with Gasteiger partial charge in [-0.1, -0.05) is 331 Å². The maximum atomic E-state index is 12.9. The fourth-order valence-electron chi connectivity index (χ4n) is 10.9.